The molecule has 0 radical (unpaired) electrons. The Hall–Kier alpha value is -0.0800. The molecule has 2 unspecified atom stereocenters. The molecule has 0 saturated carbocycles. The van der Waals surface area contributed by atoms with E-state index in [0.717, 1.165) is 19.4 Å². The number of nitrogens with two attached hydrogens (primary N) is 2. The zero-order chi connectivity index (χ0) is 12.6. The standard InChI is InChI=1S/C14H32N2/c1-5-12(3)14(16,13(4)6-2)10-8-7-9-11-15/h12-13H,5-11,15-16H2,1-4H3. The van der Waals surface area contributed by atoms with Crippen LogP contribution in [0.25, 0.3) is 0 Å². The first-order chi connectivity index (χ1) is 7.52. The molecular formula is C14H32N2. The van der Waals surface area contributed by atoms with Crippen molar-refractivity contribution >= 4 is 0 Å². The fourth-order valence-corrected chi connectivity index (χ4v) is 2.49. The van der Waals surface area contributed by atoms with E-state index in [1.807, 2.05) is 0 Å². The lowest BCUT2D eigenvalue weighted by molar-refractivity contribution is 0.169. The molecule has 0 amide bonds. The summed E-state index contributed by atoms with van der Waals surface area (Å²) in [7, 11) is 0. The Labute approximate surface area is 102 Å². The van der Waals surface area contributed by atoms with Gasteiger partial charge in [0.15, 0.2) is 0 Å². The third-order valence-corrected chi connectivity index (χ3v) is 4.37. The fourth-order valence-electron chi connectivity index (χ4n) is 2.49. The van der Waals surface area contributed by atoms with E-state index < -0.39 is 0 Å². The number of hydrogen-bond acceptors (Lipinski definition) is 2. The van der Waals surface area contributed by atoms with E-state index in [2.05, 4.69) is 27.7 Å². The molecule has 98 valence electrons. The molecule has 0 aromatic carbocycles. The number of rotatable bonds is 9. The first-order valence-electron chi connectivity index (χ1n) is 7.01. The van der Waals surface area contributed by atoms with Gasteiger partial charge in [0, 0.05) is 5.54 Å². The maximum absolute atomic E-state index is 6.66. The van der Waals surface area contributed by atoms with Gasteiger partial charge >= 0.3 is 0 Å². The van der Waals surface area contributed by atoms with E-state index in [9.17, 15) is 0 Å². The topological polar surface area (TPSA) is 52.0 Å². The van der Waals surface area contributed by atoms with Gasteiger partial charge in [-0.15, -0.1) is 0 Å². The Balaban J connectivity index is 4.30. The molecule has 16 heavy (non-hydrogen) atoms. The predicted octanol–water partition coefficient (Wildman–Crippen LogP) is 3.30. The minimum Gasteiger partial charge on any atom is -0.330 e. The van der Waals surface area contributed by atoms with E-state index in [1.165, 1.54) is 25.7 Å². The third kappa shape index (κ3) is 4.42. The van der Waals surface area contributed by atoms with Crippen molar-refractivity contribution in [2.45, 2.75) is 71.8 Å². The molecule has 0 bridgehead atoms. The summed E-state index contributed by atoms with van der Waals surface area (Å²) in [4.78, 5) is 0. The molecule has 0 rings (SSSR count). The minimum absolute atomic E-state index is 0.0259. The minimum atomic E-state index is 0.0259. The molecule has 2 atom stereocenters. The van der Waals surface area contributed by atoms with Crippen molar-refractivity contribution in [3.8, 4) is 0 Å². The van der Waals surface area contributed by atoms with Crippen LogP contribution < -0.4 is 11.5 Å². The first-order valence-corrected chi connectivity index (χ1v) is 7.01. The molecule has 0 fully saturated rings. The van der Waals surface area contributed by atoms with Gasteiger partial charge in [0.05, 0.1) is 0 Å². The molecule has 4 N–H and O–H groups in total. The van der Waals surface area contributed by atoms with Gasteiger partial charge in [0.2, 0.25) is 0 Å². The molecule has 0 aliphatic rings. The van der Waals surface area contributed by atoms with Gasteiger partial charge in [-0.3, -0.25) is 0 Å². The fraction of sp³-hybridized carbons (Fsp3) is 1.00. The smallest absolute Gasteiger partial charge is 0.0205 e. The van der Waals surface area contributed by atoms with Crippen LogP contribution in [0.3, 0.4) is 0 Å². The summed E-state index contributed by atoms with van der Waals surface area (Å²) in [5.74, 6) is 1.22. The Morgan fingerprint density at radius 2 is 1.44 bits per heavy atom. The summed E-state index contributed by atoms with van der Waals surface area (Å²) < 4.78 is 0. The van der Waals surface area contributed by atoms with E-state index in [1.54, 1.807) is 0 Å². The molecule has 2 heteroatoms. The van der Waals surface area contributed by atoms with Crippen molar-refractivity contribution < 1.29 is 0 Å². The van der Waals surface area contributed by atoms with Crippen molar-refractivity contribution in [3.05, 3.63) is 0 Å². The van der Waals surface area contributed by atoms with Crippen LogP contribution in [0.1, 0.15) is 66.2 Å². The van der Waals surface area contributed by atoms with Crippen LogP contribution in [0.15, 0.2) is 0 Å². The second-order valence-electron chi connectivity index (χ2n) is 5.33. The third-order valence-electron chi connectivity index (χ3n) is 4.37. The second-order valence-corrected chi connectivity index (χ2v) is 5.33. The lowest BCUT2D eigenvalue weighted by atomic mass is 9.71. The van der Waals surface area contributed by atoms with Crippen molar-refractivity contribution in [1.82, 2.24) is 0 Å². The highest BCUT2D eigenvalue weighted by molar-refractivity contribution is 4.92. The summed E-state index contributed by atoms with van der Waals surface area (Å²) in [6, 6.07) is 0. The Morgan fingerprint density at radius 1 is 0.938 bits per heavy atom. The van der Waals surface area contributed by atoms with Crippen LogP contribution in [0.2, 0.25) is 0 Å². The van der Waals surface area contributed by atoms with Gasteiger partial charge < -0.3 is 11.5 Å². The highest BCUT2D eigenvalue weighted by atomic mass is 14.8. The zero-order valence-electron chi connectivity index (χ0n) is 11.8. The Kier molecular flexibility index (Phi) is 8.04. The zero-order valence-corrected chi connectivity index (χ0v) is 11.8. The van der Waals surface area contributed by atoms with Gasteiger partial charge in [-0.25, -0.2) is 0 Å². The van der Waals surface area contributed by atoms with Crippen molar-refractivity contribution in [2.24, 2.45) is 23.3 Å². The van der Waals surface area contributed by atoms with Gasteiger partial charge in [0.1, 0.15) is 0 Å². The van der Waals surface area contributed by atoms with Crippen LogP contribution in [-0.2, 0) is 0 Å². The lowest BCUT2D eigenvalue weighted by Gasteiger charge is -2.40. The van der Waals surface area contributed by atoms with E-state index >= 15 is 0 Å². The lowest BCUT2D eigenvalue weighted by Crippen LogP contribution is -2.51. The molecule has 0 aromatic heterocycles. The van der Waals surface area contributed by atoms with Crippen LogP contribution in [0.5, 0.6) is 0 Å². The van der Waals surface area contributed by atoms with Crippen molar-refractivity contribution in [1.29, 1.82) is 0 Å². The van der Waals surface area contributed by atoms with Crippen LogP contribution in [0.4, 0.5) is 0 Å². The summed E-state index contributed by atoms with van der Waals surface area (Å²) in [5, 5.41) is 0. The molecule has 2 nitrogen and oxygen atoms in total. The maximum atomic E-state index is 6.66. The molecule has 0 heterocycles. The molecule has 0 saturated heterocycles. The summed E-state index contributed by atoms with van der Waals surface area (Å²) in [6.45, 7) is 9.90. The van der Waals surface area contributed by atoms with Crippen molar-refractivity contribution in [2.75, 3.05) is 6.54 Å². The summed E-state index contributed by atoms with van der Waals surface area (Å²) >= 11 is 0. The first kappa shape index (κ1) is 15.9. The highest BCUT2D eigenvalue weighted by Gasteiger charge is 2.34. The molecule has 0 aromatic rings. The number of hydrogen-bond donors (Lipinski definition) is 2. The Morgan fingerprint density at radius 3 is 1.81 bits per heavy atom. The second kappa shape index (κ2) is 8.08. The summed E-state index contributed by atoms with van der Waals surface area (Å²) in [6.07, 6.45) is 7.09. The largest absolute Gasteiger partial charge is 0.330 e. The highest BCUT2D eigenvalue weighted by Crippen LogP contribution is 2.33. The van der Waals surface area contributed by atoms with E-state index in [-0.39, 0.29) is 5.54 Å². The van der Waals surface area contributed by atoms with Crippen LogP contribution >= 0.6 is 0 Å². The van der Waals surface area contributed by atoms with E-state index in [4.69, 9.17) is 11.5 Å². The SMILES string of the molecule is CCC(C)C(N)(CCCCCN)C(C)CC. The molecule has 0 aliphatic carbocycles. The maximum Gasteiger partial charge on any atom is 0.0205 e. The Bertz CT molecular complexity index is 158. The molecule has 0 aliphatic heterocycles. The van der Waals surface area contributed by atoms with Crippen LogP contribution in [-0.4, -0.2) is 12.1 Å². The van der Waals surface area contributed by atoms with Gasteiger partial charge in [-0.2, -0.15) is 0 Å². The average Bonchev–Trinajstić information content (AvgIpc) is 2.32. The monoisotopic (exact) mass is 228 g/mol. The summed E-state index contributed by atoms with van der Waals surface area (Å²) in [5.41, 5.74) is 12.2. The molecule has 0 spiro atoms. The predicted molar refractivity (Wildman–Crippen MR) is 73.4 cm³/mol. The van der Waals surface area contributed by atoms with Gasteiger partial charge in [-0.05, 0) is 31.2 Å². The van der Waals surface area contributed by atoms with Gasteiger partial charge in [0.25, 0.3) is 0 Å². The van der Waals surface area contributed by atoms with Crippen LogP contribution in [0, 0.1) is 11.8 Å². The molecular weight excluding hydrogens is 196 g/mol. The number of unbranched alkanes of at least 4 members (excludes halogenated alkanes) is 2. The van der Waals surface area contributed by atoms with Gasteiger partial charge in [-0.1, -0.05) is 53.4 Å². The van der Waals surface area contributed by atoms with E-state index in [0.29, 0.717) is 11.8 Å². The van der Waals surface area contributed by atoms with Crippen molar-refractivity contribution in [3.63, 3.8) is 0 Å². The normalized spacial score (nSPS) is 19.1. The quantitative estimate of drug-likeness (QED) is 0.595. The average molecular weight is 228 g/mol.